The largest absolute Gasteiger partial charge is 0.444 e. The molecular weight excluding hydrogens is 270 g/mol. The number of rotatable bonds is 3. The first kappa shape index (κ1) is 16.1. The third-order valence-electron chi connectivity index (χ3n) is 3.64. The average molecular weight is 297 g/mol. The van der Waals surface area contributed by atoms with Crippen LogP contribution in [0, 0.1) is 5.41 Å². The van der Waals surface area contributed by atoms with Crippen LogP contribution in [0.3, 0.4) is 0 Å². The summed E-state index contributed by atoms with van der Waals surface area (Å²) < 4.78 is 5.35. The summed E-state index contributed by atoms with van der Waals surface area (Å²) in [6, 6.07) is 0.180. The van der Waals surface area contributed by atoms with Gasteiger partial charge in [-0.1, -0.05) is 0 Å². The molecule has 1 N–H and O–H groups in total. The molecule has 0 aliphatic carbocycles. The van der Waals surface area contributed by atoms with Gasteiger partial charge >= 0.3 is 6.09 Å². The Bertz CT molecular complexity index is 414. The Hall–Kier alpha value is -1.30. The summed E-state index contributed by atoms with van der Waals surface area (Å²) in [5, 5.41) is 2.89. The highest BCUT2D eigenvalue weighted by Gasteiger charge is 2.53. The number of amides is 2. The molecule has 6 heteroatoms. The summed E-state index contributed by atoms with van der Waals surface area (Å²) in [7, 11) is 0. The number of carbonyl (C=O) groups excluding carboxylic acids is 2. The zero-order valence-electron chi connectivity index (χ0n) is 13.7. The van der Waals surface area contributed by atoms with E-state index in [0.717, 1.165) is 26.2 Å². The second-order valence-electron chi connectivity index (χ2n) is 7.70. The lowest BCUT2D eigenvalue weighted by atomic mass is 9.73. The molecule has 1 spiro atoms. The molecule has 2 rings (SSSR count). The van der Waals surface area contributed by atoms with Crippen molar-refractivity contribution in [3.63, 3.8) is 0 Å². The van der Waals surface area contributed by atoms with Gasteiger partial charge in [-0.2, -0.15) is 0 Å². The molecule has 0 aromatic rings. The lowest BCUT2D eigenvalue weighted by Crippen LogP contribution is -2.73. The van der Waals surface area contributed by atoms with Crippen LogP contribution in [0.15, 0.2) is 0 Å². The molecule has 0 aromatic carbocycles. The smallest absolute Gasteiger partial charge is 0.410 e. The van der Waals surface area contributed by atoms with Crippen molar-refractivity contribution in [1.29, 1.82) is 0 Å². The number of carbonyl (C=O) groups is 2. The summed E-state index contributed by atoms with van der Waals surface area (Å²) >= 11 is 0. The summed E-state index contributed by atoms with van der Waals surface area (Å²) in [4.78, 5) is 27.4. The van der Waals surface area contributed by atoms with Crippen molar-refractivity contribution < 1.29 is 14.3 Å². The molecule has 0 unspecified atom stereocenters. The quantitative estimate of drug-likeness (QED) is 0.846. The summed E-state index contributed by atoms with van der Waals surface area (Å²) in [6.45, 7) is 13.2. The number of likely N-dealkylation sites (tertiary alicyclic amines) is 2. The summed E-state index contributed by atoms with van der Waals surface area (Å²) in [5.41, 5.74) is -0.255. The molecule has 2 aliphatic heterocycles. The van der Waals surface area contributed by atoms with E-state index in [-0.39, 0.29) is 23.5 Å². The van der Waals surface area contributed by atoms with Gasteiger partial charge in [0, 0.05) is 37.6 Å². The van der Waals surface area contributed by atoms with Gasteiger partial charge in [0.1, 0.15) is 5.60 Å². The second kappa shape index (κ2) is 5.48. The number of nitrogens with one attached hydrogen (secondary N) is 1. The van der Waals surface area contributed by atoms with Crippen molar-refractivity contribution in [3.8, 4) is 0 Å². The van der Waals surface area contributed by atoms with Gasteiger partial charge in [0.25, 0.3) is 0 Å². The second-order valence-corrected chi connectivity index (χ2v) is 7.70. The maximum absolute atomic E-state index is 11.9. The third kappa shape index (κ3) is 4.09. The summed E-state index contributed by atoms with van der Waals surface area (Å²) in [6.07, 6.45) is -0.232. The zero-order valence-corrected chi connectivity index (χ0v) is 13.7. The molecule has 2 saturated heterocycles. The number of ether oxygens (including phenoxy) is 1. The van der Waals surface area contributed by atoms with E-state index in [2.05, 4.69) is 10.2 Å². The van der Waals surface area contributed by atoms with E-state index >= 15 is 0 Å². The van der Waals surface area contributed by atoms with E-state index in [1.165, 1.54) is 0 Å². The molecule has 2 aliphatic rings. The van der Waals surface area contributed by atoms with Crippen molar-refractivity contribution in [1.82, 2.24) is 15.1 Å². The molecule has 21 heavy (non-hydrogen) atoms. The Labute approximate surface area is 126 Å². The van der Waals surface area contributed by atoms with Crippen LogP contribution in [0.4, 0.5) is 4.79 Å². The SMILES string of the molecule is CC(C)NC(=O)CN1CC2(C1)CN(C(=O)OC(C)(C)C)C2. The molecular formula is C15H27N3O3. The Kier molecular flexibility index (Phi) is 4.19. The van der Waals surface area contributed by atoms with Crippen molar-refractivity contribution in [3.05, 3.63) is 0 Å². The molecule has 0 radical (unpaired) electrons. The Morgan fingerprint density at radius 1 is 1.19 bits per heavy atom. The van der Waals surface area contributed by atoms with Gasteiger partial charge in [0.15, 0.2) is 0 Å². The lowest BCUT2D eigenvalue weighted by molar-refractivity contribution is -0.136. The van der Waals surface area contributed by atoms with Crippen LogP contribution in [-0.4, -0.2) is 66.2 Å². The van der Waals surface area contributed by atoms with Gasteiger partial charge in [0.2, 0.25) is 5.91 Å². The van der Waals surface area contributed by atoms with E-state index in [4.69, 9.17) is 4.74 Å². The van der Waals surface area contributed by atoms with Gasteiger partial charge in [-0.25, -0.2) is 4.79 Å². The predicted molar refractivity (Wildman–Crippen MR) is 80.0 cm³/mol. The van der Waals surface area contributed by atoms with E-state index in [0.29, 0.717) is 6.54 Å². The van der Waals surface area contributed by atoms with E-state index in [1.807, 2.05) is 34.6 Å². The minimum Gasteiger partial charge on any atom is -0.444 e. The monoisotopic (exact) mass is 297 g/mol. The van der Waals surface area contributed by atoms with Crippen molar-refractivity contribution in [2.75, 3.05) is 32.7 Å². The fraction of sp³-hybridized carbons (Fsp3) is 0.867. The van der Waals surface area contributed by atoms with E-state index in [1.54, 1.807) is 4.90 Å². The van der Waals surface area contributed by atoms with Gasteiger partial charge in [-0.05, 0) is 34.6 Å². The van der Waals surface area contributed by atoms with Gasteiger partial charge in [-0.15, -0.1) is 0 Å². The minimum absolute atomic E-state index is 0.0724. The first-order valence-corrected chi connectivity index (χ1v) is 7.58. The maximum Gasteiger partial charge on any atom is 0.410 e. The fourth-order valence-electron chi connectivity index (χ4n) is 3.00. The highest BCUT2D eigenvalue weighted by atomic mass is 16.6. The first-order valence-electron chi connectivity index (χ1n) is 7.58. The van der Waals surface area contributed by atoms with Crippen LogP contribution in [0.5, 0.6) is 0 Å². The zero-order chi connectivity index (χ0) is 15.8. The van der Waals surface area contributed by atoms with Crippen LogP contribution in [0.2, 0.25) is 0 Å². The number of nitrogens with zero attached hydrogens (tertiary/aromatic N) is 2. The topological polar surface area (TPSA) is 61.9 Å². The normalized spacial score (nSPS) is 21.0. The standard InChI is InChI=1S/C15H27N3O3/c1-11(2)16-12(19)6-17-7-15(8-17)9-18(10-15)13(20)21-14(3,4)5/h11H,6-10H2,1-5H3,(H,16,19). The lowest BCUT2D eigenvalue weighted by Gasteiger charge is -2.59. The molecule has 2 amide bonds. The Morgan fingerprint density at radius 2 is 1.76 bits per heavy atom. The maximum atomic E-state index is 11.9. The van der Waals surface area contributed by atoms with Crippen molar-refractivity contribution in [2.45, 2.75) is 46.3 Å². The van der Waals surface area contributed by atoms with Gasteiger partial charge in [0.05, 0.1) is 6.54 Å². The van der Waals surface area contributed by atoms with Crippen molar-refractivity contribution >= 4 is 12.0 Å². The van der Waals surface area contributed by atoms with E-state index < -0.39 is 5.60 Å². The fourth-order valence-corrected chi connectivity index (χ4v) is 3.00. The molecule has 6 nitrogen and oxygen atoms in total. The first-order chi connectivity index (χ1) is 9.58. The molecule has 0 aromatic heterocycles. The average Bonchev–Trinajstić information content (AvgIpc) is 2.14. The highest BCUT2D eigenvalue weighted by molar-refractivity contribution is 5.78. The number of hydrogen-bond acceptors (Lipinski definition) is 4. The Morgan fingerprint density at radius 3 is 2.24 bits per heavy atom. The van der Waals surface area contributed by atoms with Crippen molar-refractivity contribution in [2.24, 2.45) is 5.41 Å². The molecule has 2 heterocycles. The van der Waals surface area contributed by atoms with Crippen LogP contribution in [0.1, 0.15) is 34.6 Å². The molecule has 0 atom stereocenters. The Balaban J connectivity index is 1.67. The number of hydrogen-bond donors (Lipinski definition) is 1. The molecule has 0 saturated carbocycles. The van der Waals surface area contributed by atoms with E-state index in [9.17, 15) is 9.59 Å². The molecule has 120 valence electrons. The molecule has 0 bridgehead atoms. The van der Waals surface area contributed by atoms with Crippen LogP contribution in [-0.2, 0) is 9.53 Å². The van der Waals surface area contributed by atoms with Gasteiger partial charge < -0.3 is 15.0 Å². The summed E-state index contributed by atoms with van der Waals surface area (Å²) in [5.74, 6) is 0.0724. The molecule has 2 fully saturated rings. The minimum atomic E-state index is -0.444. The third-order valence-corrected chi connectivity index (χ3v) is 3.64. The highest BCUT2D eigenvalue weighted by Crippen LogP contribution is 2.39. The van der Waals surface area contributed by atoms with Crippen LogP contribution < -0.4 is 5.32 Å². The van der Waals surface area contributed by atoms with Crippen LogP contribution in [0.25, 0.3) is 0 Å². The predicted octanol–water partition coefficient (Wildman–Crippen LogP) is 1.06. The van der Waals surface area contributed by atoms with Gasteiger partial charge in [-0.3, -0.25) is 9.69 Å². The van der Waals surface area contributed by atoms with Crippen LogP contribution >= 0.6 is 0 Å².